The first-order valence-electron chi connectivity index (χ1n) is 6.92. The number of thioether (sulfide) groups is 1. The number of nitrogens with one attached hydrogen (secondary N) is 1. The Bertz CT molecular complexity index is 481. The fourth-order valence-electron chi connectivity index (χ4n) is 2.34. The van der Waals surface area contributed by atoms with Crippen LogP contribution in [0.1, 0.15) is 43.0 Å². The number of carbonyl (C=O) groups excluding carboxylic acids is 2. The summed E-state index contributed by atoms with van der Waals surface area (Å²) in [6, 6.07) is 6.63. The zero-order valence-corrected chi connectivity index (χ0v) is 12.4. The summed E-state index contributed by atoms with van der Waals surface area (Å²) in [4.78, 5) is 23.1. The molecule has 1 aromatic rings. The number of amides is 2. The number of benzene rings is 1. The Morgan fingerprint density at radius 1 is 1.25 bits per heavy atom. The van der Waals surface area contributed by atoms with E-state index in [9.17, 15) is 9.59 Å². The van der Waals surface area contributed by atoms with Gasteiger partial charge in [-0.15, -0.1) is 11.8 Å². The fourth-order valence-corrected chi connectivity index (χ4v) is 3.70. The minimum absolute atomic E-state index is 0.00808. The van der Waals surface area contributed by atoms with Gasteiger partial charge in [-0.25, -0.2) is 0 Å². The molecule has 0 spiro atoms. The van der Waals surface area contributed by atoms with Gasteiger partial charge in [-0.3, -0.25) is 9.59 Å². The van der Waals surface area contributed by atoms with Crippen LogP contribution < -0.4 is 11.1 Å². The molecule has 1 atom stereocenters. The number of rotatable bonds is 5. The van der Waals surface area contributed by atoms with Crippen LogP contribution in [0.25, 0.3) is 0 Å². The van der Waals surface area contributed by atoms with E-state index in [0.29, 0.717) is 16.5 Å². The van der Waals surface area contributed by atoms with Crippen LogP contribution in [0.15, 0.2) is 24.3 Å². The van der Waals surface area contributed by atoms with Gasteiger partial charge in [0.1, 0.15) is 0 Å². The largest absolute Gasteiger partial charge is 0.366 e. The van der Waals surface area contributed by atoms with E-state index in [-0.39, 0.29) is 11.2 Å². The summed E-state index contributed by atoms with van der Waals surface area (Å²) >= 11 is 1.76. The number of hydrogen-bond acceptors (Lipinski definition) is 3. The van der Waals surface area contributed by atoms with Crippen molar-refractivity contribution in [1.82, 2.24) is 0 Å². The minimum atomic E-state index is -0.465. The number of primary amides is 1. The van der Waals surface area contributed by atoms with Gasteiger partial charge in [-0.1, -0.05) is 12.8 Å². The number of anilines is 1. The van der Waals surface area contributed by atoms with Crippen molar-refractivity contribution in [2.24, 2.45) is 5.73 Å². The summed E-state index contributed by atoms with van der Waals surface area (Å²) in [6.45, 7) is 1.94. The number of carbonyl (C=O) groups is 2. The maximum atomic E-state index is 12.1. The summed E-state index contributed by atoms with van der Waals surface area (Å²) in [5.74, 6) is -0.457. The Morgan fingerprint density at radius 3 is 2.40 bits per heavy atom. The highest BCUT2D eigenvalue weighted by Crippen LogP contribution is 2.32. The first-order valence-corrected chi connectivity index (χ1v) is 7.87. The Balaban J connectivity index is 1.87. The molecule has 0 bridgehead atoms. The van der Waals surface area contributed by atoms with Crippen molar-refractivity contribution in [2.75, 3.05) is 5.32 Å². The maximum Gasteiger partial charge on any atom is 0.248 e. The third kappa shape index (κ3) is 4.00. The van der Waals surface area contributed by atoms with Crippen LogP contribution in [-0.2, 0) is 4.79 Å². The summed E-state index contributed by atoms with van der Waals surface area (Å²) in [6.07, 6.45) is 4.99. The Labute approximate surface area is 123 Å². The molecule has 1 aromatic carbocycles. The molecule has 1 saturated carbocycles. The van der Waals surface area contributed by atoms with Crippen molar-refractivity contribution in [2.45, 2.75) is 43.1 Å². The SMILES string of the molecule is C[C@@H](SC1CCCC1)C(=O)Nc1ccc(C(N)=O)cc1. The van der Waals surface area contributed by atoms with Crippen LogP contribution in [0.3, 0.4) is 0 Å². The summed E-state index contributed by atoms with van der Waals surface area (Å²) in [5.41, 5.74) is 6.31. The molecule has 1 aliphatic carbocycles. The minimum Gasteiger partial charge on any atom is -0.366 e. The van der Waals surface area contributed by atoms with Crippen molar-refractivity contribution in [1.29, 1.82) is 0 Å². The molecule has 2 rings (SSSR count). The van der Waals surface area contributed by atoms with Gasteiger partial charge in [0.2, 0.25) is 11.8 Å². The molecule has 1 aliphatic rings. The fraction of sp³-hybridized carbons (Fsp3) is 0.467. The van der Waals surface area contributed by atoms with Gasteiger partial charge in [0.05, 0.1) is 5.25 Å². The summed E-state index contributed by atoms with van der Waals surface area (Å²) < 4.78 is 0. The van der Waals surface area contributed by atoms with E-state index in [1.807, 2.05) is 6.92 Å². The third-order valence-electron chi connectivity index (χ3n) is 3.50. The normalized spacial score (nSPS) is 16.9. The zero-order valence-electron chi connectivity index (χ0n) is 11.6. The number of nitrogens with two attached hydrogens (primary N) is 1. The van der Waals surface area contributed by atoms with E-state index < -0.39 is 5.91 Å². The molecular formula is C15H20N2O2S. The van der Waals surface area contributed by atoms with Crippen LogP contribution >= 0.6 is 11.8 Å². The van der Waals surface area contributed by atoms with E-state index >= 15 is 0 Å². The van der Waals surface area contributed by atoms with E-state index in [2.05, 4.69) is 5.32 Å². The molecule has 2 amide bonds. The van der Waals surface area contributed by atoms with Gasteiger partial charge in [0.25, 0.3) is 0 Å². The first kappa shape index (κ1) is 14.9. The maximum absolute atomic E-state index is 12.1. The zero-order chi connectivity index (χ0) is 14.5. The quantitative estimate of drug-likeness (QED) is 0.876. The van der Waals surface area contributed by atoms with Crippen molar-refractivity contribution in [3.8, 4) is 0 Å². The van der Waals surface area contributed by atoms with Gasteiger partial charge in [-0.05, 0) is 44.0 Å². The highest BCUT2D eigenvalue weighted by molar-refractivity contribution is 8.01. The monoisotopic (exact) mass is 292 g/mol. The van der Waals surface area contributed by atoms with Crippen molar-refractivity contribution in [3.63, 3.8) is 0 Å². The molecule has 5 heteroatoms. The predicted molar refractivity (Wildman–Crippen MR) is 82.9 cm³/mol. The molecule has 0 radical (unpaired) electrons. The molecule has 0 aromatic heterocycles. The van der Waals surface area contributed by atoms with Crippen LogP contribution in [-0.4, -0.2) is 22.3 Å². The average molecular weight is 292 g/mol. The molecule has 20 heavy (non-hydrogen) atoms. The molecule has 0 saturated heterocycles. The summed E-state index contributed by atoms with van der Waals surface area (Å²) in [7, 11) is 0. The smallest absolute Gasteiger partial charge is 0.248 e. The van der Waals surface area contributed by atoms with E-state index in [0.717, 1.165) is 0 Å². The lowest BCUT2D eigenvalue weighted by molar-refractivity contribution is -0.115. The van der Waals surface area contributed by atoms with Gasteiger partial charge in [-0.2, -0.15) is 0 Å². The first-order chi connectivity index (χ1) is 9.56. The lowest BCUT2D eigenvalue weighted by Gasteiger charge is -2.16. The van der Waals surface area contributed by atoms with Crippen LogP contribution in [0.5, 0.6) is 0 Å². The molecule has 0 aliphatic heterocycles. The molecule has 0 heterocycles. The predicted octanol–water partition coefficient (Wildman–Crippen LogP) is 2.79. The van der Waals surface area contributed by atoms with Gasteiger partial charge in [0, 0.05) is 16.5 Å². The molecule has 4 nitrogen and oxygen atoms in total. The van der Waals surface area contributed by atoms with Crippen LogP contribution in [0.4, 0.5) is 5.69 Å². The Morgan fingerprint density at radius 2 is 1.85 bits per heavy atom. The van der Waals surface area contributed by atoms with E-state index in [1.54, 1.807) is 36.0 Å². The van der Waals surface area contributed by atoms with Crippen molar-refractivity contribution < 1.29 is 9.59 Å². The van der Waals surface area contributed by atoms with Crippen LogP contribution in [0.2, 0.25) is 0 Å². The Kier molecular flexibility index (Phi) is 5.06. The van der Waals surface area contributed by atoms with Crippen molar-refractivity contribution >= 4 is 29.3 Å². The Hall–Kier alpha value is -1.49. The standard InChI is InChI=1S/C15H20N2O2S/c1-10(20-13-4-2-3-5-13)15(19)17-12-8-6-11(7-9-12)14(16)18/h6-10,13H,2-5H2,1H3,(H2,16,18)(H,17,19)/t10-/m1/s1. The molecular weight excluding hydrogens is 272 g/mol. The molecule has 3 N–H and O–H groups in total. The second-order valence-electron chi connectivity index (χ2n) is 5.12. The lowest BCUT2D eigenvalue weighted by atomic mass is 10.2. The van der Waals surface area contributed by atoms with Gasteiger partial charge < -0.3 is 11.1 Å². The second kappa shape index (κ2) is 6.79. The number of hydrogen-bond donors (Lipinski definition) is 2. The molecule has 0 unspecified atom stereocenters. The van der Waals surface area contributed by atoms with Crippen LogP contribution in [0, 0.1) is 0 Å². The summed E-state index contributed by atoms with van der Waals surface area (Å²) in [5, 5.41) is 3.43. The third-order valence-corrected chi connectivity index (χ3v) is 4.98. The lowest BCUT2D eigenvalue weighted by Crippen LogP contribution is -2.24. The topological polar surface area (TPSA) is 72.2 Å². The second-order valence-corrected chi connectivity index (χ2v) is 6.76. The van der Waals surface area contributed by atoms with E-state index in [1.165, 1.54) is 25.7 Å². The highest BCUT2D eigenvalue weighted by Gasteiger charge is 2.22. The molecule has 1 fully saturated rings. The van der Waals surface area contributed by atoms with Gasteiger partial charge in [0.15, 0.2) is 0 Å². The average Bonchev–Trinajstić information content (AvgIpc) is 2.92. The van der Waals surface area contributed by atoms with E-state index in [4.69, 9.17) is 5.73 Å². The van der Waals surface area contributed by atoms with Crippen molar-refractivity contribution in [3.05, 3.63) is 29.8 Å². The highest BCUT2D eigenvalue weighted by atomic mass is 32.2. The van der Waals surface area contributed by atoms with Gasteiger partial charge >= 0.3 is 0 Å². The molecule has 108 valence electrons.